The number of nitrogens with one attached hydrogen (secondary N) is 1. The summed E-state index contributed by atoms with van der Waals surface area (Å²) >= 11 is 0. The third kappa shape index (κ3) is 3.57. The molecule has 1 aromatic carbocycles. The number of pyridine rings is 2. The number of anilines is 1. The van der Waals surface area contributed by atoms with Gasteiger partial charge in [0.2, 0.25) is 0 Å². The molecule has 1 atom stereocenters. The standard InChI is InChI=1S/C23H24FN5O2/c1-12(2)25-14-8-9-29(11-14)20-7-6-17-18(28-20)5-4-16(27-17)15-10-19-22(21(24)23(15)30)26-13(3)31-19/h4-7,10,12,14,25,30H,8-9,11H2,1-3H3/t14-/m0/s1. The molecule has 0 spiro atoms. The van der Waals surface area contributed by atoms with Gasteiger partial charge >= 0.3 is 0 Å². The molecule has 1 aliphatic heterocycles. The first-order valence-corrected chi connectivity index (χ1v) is 10.5. The van der Waals surface area contributed by atoms with Crippen LogP contribution in [0, 0.1) is 12.7 Å². The Hall–Kier alpha value is -3.26. The van der Waals surface area contributed by atoms with Crippen molar-refractivity contribution in [3.05, 3.63) is 42.0 Å². The molecule has 8 heteroatoms. The van der Waals surface area contributed by atoms with Crippen LogP contribution in [0.1, 0.15) is 26.2 Å². The highest BCUT2D eigenvalue weighted by molar-refractivity contribution is 5.87. The number of fused-ring (bicyclic) bond motifs is 2. The lowest BCUT2D eigenvalue weighted by molar-refractivity contribution is 0.437. The molecular weight excluding hydrogens is 397 g/mol. The molecule has 5 rings (SSSR count). The molecule has 31 heavy (non-hydrogen) atoms. The summed E-state index contributed by atoms with van der Waals surface area (Å²) in [5.74, 6) is -0.0414. The van der Waals surface area contributed by atoms with Crippen molar-refractivity contribution in [2.45, 2.75) is 39.3 Å². The van der Waals surface area contributed by atoms with E-state index >= 15 is 0 Å². The first-order valence-electron chi connectivity index (χ1n) is 10.5. The van der Waals surface area contributed by atoms with Crippen molar-refractivity contribution in [3.63, 3.8) is 0 Å². The Bertz CT molecular complexity index is 1290. The maximum atomic E-state index is 14.6. The minimum atomic E-state index is -0.807. The minimum Gasteiger partial charge on any atom is -0.504 e. The second-order valence-corrected chi connectivity index (χ2v) is 8.32. The van der Waals surface area contributed by atoms with Crippen LogP contribution < -0.4 is 10.2 Å². The summed E-state index contributed by atoms with van der Waals surface area (Å²) < 4.78 is 20.0. The van der Waals surface area contributed by atoms with Crippen molar-refractivity contribution < 1.29 is 13.9 Å². The Labute approximate surface area is 178 Å². The second kappa shape index (κ2) is 7.46. The van der Waals surface area contributed by atoms with Crippen LogP contribution >= 0.6 is 0 Å². The molecule has 1 fully saturated rings. The van der Waals surface area contributed by atoms with E-state index < -0.39 is 11.6 Å². The van der Waals surface area contributed by atoms with Crippen LogP contribution in [-0.4, -0.2) is 45.2 Å². The summed E-state index contributed by atoms with van der Waals surface area (Å²) in [5, 5.41) is 14.0. The van der Waals surface area contributed by atoms with Crippen molar-refractivity contribution in [1.82, 2.24) is 20.3 Å². The van der Waals surface area contributed by atoms with Gasteiger partial charge in [-0.25, -0.2) is 19.3 Å². The van der Waals surface area contributed by atoms with Gasteiger partial charge in [0.25, 0.3) is 0 Å². The predicted octanol–water partition coefficient (Wildman–Crippen LogP) is 4.17. The highest BCUT2D eigenvalue weighted by atomic mass is 19.1. The highest BCUT2D eigenvalue weighted by Crippen LogP contribution is 2.36. The van der Waals surface area contributed by atoms with Crippen molar-refractivity contribution in [2.75, 3.05) is 18.0 Å². The molecule has 0 amide bonds. The second-order valence-electron chi connectivity index (χ2n) is 8.32. The summed E-state index contributed by atoms with van der Waals surface area (Å²) in [4.78, 5) is 15.6. The van der Waals surface area contributed by atoms with E-state index in [0.717, 1.165) is 30.8 Å². The number of hydrogen-bond acceptors (Lipinski definition) is 7. The van der Waals surface area contributed by atoms with Crippen LogP contribution in [0.3, 0.4) is 0 Å². The molecule has 0 unspecified atom stereocenters. The van der Waals surface area contributed by atoms with Crippen molar-refractivity contribution in [3.8, 4) is 17.0 Å². The molecule has 3 aromatic heterocycles. The number of halogens is 1. The Morgan fingerprint density at radius 1 is 1.16 bits per heavy atom. The number of hydrogen-bond donors (Lipinski definition) is 2. The van der Waals surface area contributed by atoms with Gasteiger partial charge in [0.1, 0.15) is 11.3 Å². The highest BCUT2D eigenvalue weighted by Gasteiger charge is 2.24. The Balaban J connectivity index is 1.47. The van der Waals surface area contributed by atoms with Crippen LogP contribution in [0.5, 0.6) is 5.75 Å². The summed E-state index contributed by atoms with van der Waals surface area (Å²) in [6.45, 7) is 7.83. The number of aryl methyl sites for hydroxylation is 1. The molecule has 1 aliphatic rings. The van der Waals surface area contributed by atoms with Crippen LogP contribution in [0.4, 0.5) is 10.2 Å². The van der Waals surface area contributed by atoms with E-state index in [4.69, 9.17) is 9.40 Å². The smallest absolute Gasteiger partial charge is 0.195 e. The number of benzene rings is 1. The van der Waals surface area contributed by atoms with Gasteiger partial charge in [-0.2, -0.15) is 0 Å². The average Bonchev–Trinajstić information content (AvgIpc) is 3.35. The topological polar surface area (TPSA) is 87.3 Å². The lowest BCUT2D eigenvalue weighted by Gasteiger charge is -2.19. The first kappa shape index (κ1) is 19.7. The maximum absolute atomic E-state index is 14.6. The van der Waals surface area contributed by atoms with E-state index in [1.807, 2.05) is 18.2 Å². The zero-order valence-corrected chi connectivity index (χ0v) is 17.7. The Morgan fingerprint density at radius 2 is 1.94 bits per heavy atom. The number of nitrogens with zero attached hydrogens (tertiary/aromatic N) is 4. The number of rotatable bonds is 4. The Morgan fingerprint density at radius 3 is 2.74 bits per heavy atom. The number of aromatic nitrogens is 3. The van der Waals surface area contributed by atoms with Gasteiger partial charge in [0, 0.05) is 37.7 Å². The zero-order valence-electron chi connectivity index (χ0n) is 17.7. The molecule has 7 nitrogen and oxygen atoms in total. The Kier molecular flexibility index (Phi) is 4.74. The van der Waals surface area contributed by atoms with Gasteiger partial charge < -0.3 is 19.7 Å². The summed E-state index contributed by atoms with van der Waals surface area (Å²) in [6.07, 6.45) is 1.09. The zero-order chi connectivity index (χ0) is 21.7. The molecule has 0 saturated carbocycles. The van der Waals surface area contributed by atoms with E-state index in [2.05, 4.69) is 34.0 Å². The van der Waals surface area contributed by atoms with Crippen molar-refractivity contribution in [2.24, 2.45) is 0 Å². The monoisotopic (exact) mass is 421 g/mol. The van der Waals surface area contributed by atoms with Gasteiger partial charge in [0.05, 0.1) is 16.7 Å². The van der Waals surface area contributed by atoms with Crippen LogP contribution in [0.2, 0.25) is 0 Å². The third-order valence-corrected chi connectivity index (χ3v) is 5.59. The summed E-state index contributed by atoms with van der Waals surface area (Å²) in [7, 11) is 0. The number of aromatic hydroxyl groups is 1. The fourth-order valence-corrected chi connectivity index (χ4v) is 4.22. The number of phenolic OH excluding ortho intramolecular Hbond substituents is 1. The lowest BCUT2D eigenvalue weighted by atomic mass is 10.1. The van der Waals surface area contributed by atoms with E-state index in [9.17, 15) is 9.50 Å². The van der Waals surface area contributed by atoms with E-state index in [0.29, 0.717) is 29.2 Å². The largest absolute Gasteiger partial charge is 0.504 e. The SMILES string of the molecule is Cc1nc2c(F)c(O)c(-c3ccc4nc(N5CC[C@H](NC(C)C)C5)ccc4n3)cc2o1. The first-order chi connectivity index (χ1) is 14.9. The molecule has 160 valence electrons. The molecule has 2 N–H and O–H groups in total. The number of phenols is 1. The van der Waals surface area contributed by atoms with E-state index in [1.165, 1.54) is 0 Å². The van der Waals surface area contributed by atoms with Gasteiger partial charge in [-0.05, 0) is 36.8 Å². The fraction of sp³-hybridized carbons (Fsp3) is 0.348. The van der Waals surface area contributed by atoms with Gasteiger partial charge in [-0.1, -0.05) is 13.8 Å². The van der Waals surface area contributed by atoms with Gasteiger partial charge in [0.15, 0.2) is 23.0 Å². The van der Waals surface area contributed by atoms with Crippen LogP contribution in [0.15, 0.2) is 34.7 Å². The summed E-state index contributed by atoms with van der Waals surface area (Å²) in [5.41, 5.74) is 2.41. The lowest BCUT2D eigenvalue weighted by Crippen LogP contribution is -2.37. The van der Waals surface area contributed by atoms with Crippen LogP contribution in [0.25, 0.3) is 33.4 Å². The third-order valence-electron chi connectivity index (χ3n) is 5.59. The fourth-order valence-electron chi connectivity index (χ4n) is 4.22. The van der Waals surface area contributed by atoms with Crippen molar-refractivity contribution >= 4 is 28.0 Å². The molecule has 0 bridgehead atoms. The quantitative estimate of drug-likeness (QED) is 0.511. The molecule has 0 aliphatic carbocycles. The predicted molar refractivity (Wildman–Crippen MR) is 118 cm³/mol. The molecule has 4 aromatic rings. The van der Waals surface area contributed by atoms with Crippen LogP contribution in [-0.2, 0) is 0 Å². The van der Waals surface area contributed by atoms with Gasteiger partial charge in [-0.3, -0.25) is 0 Å². The van der Waals surface area contributed by atoms with E-state index in [1.54, 1.807) is 19.1 Å². The average molecular weight is 421 g/mol. The summed E-state index contributed by atoms with van der Waals surface area (Å²) in [6, 6.07) is 9.93. The molecule has 4 heterocycles. The van der Waals surface area contributed by atoms with E-state index in [-0.39, 0.29) is 16.7 Å². The molecule has 1 saturated heterocycles. The van der Waals surface area contributed by atoms with Crippen molar-refractivity contribution in [1.29, 1.82) is 0 Å². The minimum absolute atomic E-state index is 0.0155. The van der Waals surface area contributed by atoms with Gasteiger partial charge in [-0.15, -0.1) is 0 Å². The number of oxazole rings is 1. The molecular formula is C23H24FN5O2. The normalized spacial score (nSPS) is 16.8. The maximum Gasteiger partial charge on any atom is 0.195 e. The molecule has 0 radical (unpaired) electrons.